The molecule has 0 unspecified atom stereocenters. The van der Waals surface area contributed by atoms with Crippen LogP contribution in [0.4, 0.5) is 5.69 Å². The maximum Gasteiger partial charge on any atom is 0.323 e. The van der Waals surface area contributed by atoms with Crippen LogP contribution in [0.25, 0.3) is 0 Å². The molecule has 0 aliphatic carbocycles. The zero-order valence-electron chi connectivity index (χ0n) is 23.1. The first kappa shape index (κ1) is 30.5. The first-order valence-corrected chi connectivity index (χ1v) is 13.8. The molecule has 8 nitrogen and oxygen atoms in total. The maximum absolute atomic E-state index is 13.6. The Morgan fingerprint density at radius 3 is 1.98 bits per heavy atom. The van der Waals surface area contributed by atoms with Crippen molar-refractivity contribution in [1.29, 1.82) is 0 Å². The van der Waals surface area contributed by atoms with E-state index >= 15 is 0 Å². The average molecular weight is 545 g/mol. The molecule has 0 aromatic heterocycles. The van der Waals surface area contributed by atoms with Gasteiger partial charge in [-0.25, -0.2) is 0 Å². The number of unbranched alkanes of at least 4 members (excludes halogenated alkanes) is 1. The van der Waals surface area contributed by atoms with Crippen LogP contribution in [0.3, 0.4) is 0 Å². The molecule has 3 aromatic carbocycles. The van der Waals surface area contributed by atoms with E-state index in [0.717, 1.165) is 17.5 Å². The third kappa shape index (κ3) is 10.6. The van der Waals surface area contributed by atoms with Gasteiger partial charge < -0.3 is 21.1 Å². The Morgan fingerprint density at radius 2 is 1.35 bits per heavy atom. The number of nitrogens with one attached hydrogen (secondary N) is 3. The summed E-state index contributed by atoms with van der Waals surface area (Å²) in [7, 11) is 0. The molecule has 212 valence electrons. The fourth-order valence-corrected chi connectivity index (χ4v) is 4.25. The molecule has 0 aliphatic rings. The van der Waals surface area contributed by atoms with Gasteiger partial charge in [-0.3, -0.25) is 19.7 Å². The van der Waals surface area contributed by atoms with E-state index in [2.05, 4.69) is 16.0 Å². The van der Waals surface area contributed by atoms with Crippen molar-refractivity contribution in [2.45, 2.75) is 63.8 Å². The van der Waals surface area contributed by atoms with E-state index in [1.54, 1.807) is 19.1 Å². The van der Waals surface area contributed by atoms with Gasteiger partial charge in [-0.2, -0.15) is 0 Å². The molecule has 0 fully saturated rings. The number of para-hydroxylation sites is 1. The lowest BCUT2D eigenvalue weighted by Gasteiger charge is -2.25. The number of esters is 1. The van der Waals surface area contributed by atoms with Gasteiger partial charge in [-0.1, -0.05) is 78.9 Å². The number of amides is 2. The van der Waals surface area contributed by atoms with Gasteiger partial charge >= 0.3 is 5.97 Å². The second-order valence-corrected chi connectivity index (χ2v) is 9.76. The number of carbonyl (C=O) groups excluding carboxylic acids is 3. The highest BCUT2D eigenvalue weighted by molar-refractivity contribution is 5.97. The molecule has 3 atom stereocenters. The monoisotopic (exact) mass is 544 g/mol. The van der Waals surface area contributed by atoms with Crippen molar-refractivity contribution in [2.75, 3.05) is 11.9 Å². The standard InChI is InChI=1S/C32H40N4O4/c1-24(32(39)40-23-26-15-7-3-8-16-26)34-29(21-20-25-13-5-2-6-14-25)31(38)36-28(19-11-12-22-33)30(37)35-27-17-9-4-10-18-27/h2-10,13-18,24,28-29,34H,11-12,19-23,33H2,1H3,(H,35,37)(H,36,38)/t24-,28+,29+/m1/s1. The summed E-state index contributed by atoms with van der Waals surface area (Å²) in [5, 5.41) is 8.96. The molecule has 0 bridgehead atoms. The van der Waals surface area contributed by atoms with E-state index in [9.17, 15) is 14.4 Å². The molecular weight excluding hydrogens is 504 g/mol. The summed E-state index contributed by atoms with van der Waals surface area (Å²) in [6.45, 7) is 2.33. The van der Waals surface area contributed by atoms with Crippen molar-refractivity contribution in [1.82, 2.24) is 10.6 Å². The fourth-order valence-electron chi connectivity index (χ4n) is 4.25. The van der Waals surface area contributed by atoms with Gasteiger partial charge in [0.2, 0.25) is 11.8 Å². The van der Waals surface area contributed by atoms with Crippen LogP contribution in [0.1, 0.15) is 43.7 Å². The molecule has 0 spiro atoms. The van der Waals surface area contributed by atoms with Crippen molar-refractivity contribution in [3.8, 4) is 0 Å². The first-order chi connectivity index (χ1) is 19.5. The summed E-state index contributed by atoms with van der Waals surface area (Å²) in [5.74, 6) is -1.10. The van der Waals surface area contributed by atoms with Crippen LogP contribution in [0, 0.1) is 0 Å². The minimum absolute atomic E-state index is 0.148. The van der Waals surface area contributed by atoms with Crippen LogP contribution >= 0.6 is 0 Å². The van der Waals surface area contributed by atoms with Gasteiger partial charge in [0.15, 0.2) is 0 Å². The van der Waals surface area contributed by atoms with Crippen LogP contribution in [0.2, 0.25) is 0 Å². The summed E-state index contributed by atoms with van der Waals surface area (Å²) in [4.78, 5) is 39.5. The predicted molar refractivity (Wildman–Crippen MR) is 157 cm³/mol. The predicted octanol–water partition coefficient (Wildman–Crippen LogP) is 3.96. The van der Waals surface area contributed by atoms with Gasteiger partial charge in [0.05, 0.1) is 6.04 Å². The molecule has 3 aromatic rings. The zero-order chi connectivity index (χ0) is 28.6. The van der Waals surface area contributed by atoms with E-state index in [1.807, 2.05) is 78.9 Å². The summed E-state index contributed by atoms with van der Waals surface area (Å²) >= 11 is 0. The largest absolute Gasteiger partial charge is 0.460 e. The zero-order valence-corrected chi connectivity index (χ0v) is 23.1. The molecule has 0 aliphatic heterocycles. The number of hydrogen-bond acceptors (Lipinski definition) is 6. The van der Waals surface area contributed by atoms with E-state index in [1.165, 1.54) is 0 Å². The Hall–Kier alpha value is -4.01. The number of anilines is 1. The summed E-state index contributed by atoms with van der Waals surface area (Å²) in [5.41, 5.74) is 8.27. The van der Waals surface area contributed by atoms with Crippen molar-refractivity contribution in [3.05, 3.63) is 102 Å². The SMILES string of the molecule is C[C@@H](N[C@@H](CCc1ccccc1)C(=O)N[C@@H](CCCCN)C(=O)Nc1ccccc1)C(=O)OCc1ccccc1. The van der Waals surface area contributed by atoms with E-state index in [-0.39, 0.29) is 18.4 Å². The molecule has 3 rings (SSSR count). The quantitative estimate of drug-likeness (QED) is 0.160. The Labute approximate surface area is 236 Å². The number of rotatable bonds is 16. The Morgan fingerprint density at radius 1 is 0.750 bits per heavy atom. The molecule has 0 heterocycles. The van der Waals surface area contributed by atoms with Gasteiger partial charge in [-0.15, -0.1) is 0 Å². The third-order valence-corrected chi connectivity index (χ3v) is 6.53. The summed E-state index contributed by atoms with van der Waals surface area (Å²) < 4.78 is 5.48. The van der Waals surface area contributed by atoms with E-state index < -0.39 is 24.1 Å². The van der Waals surface area contributed by atoms with Crippen LogP contribution < -0.4 is 21.7 Å². The average Bonchev–Trinajstić information content (AvgIpc) is 2.98. The highest BCUT2D eigenvalue weighted by Crippen LogP contribution is 2.11. The Balaban J connectivity index is 1.68. The summed E-state index contributed by atoms with van der Waals surface area (Å²) in [6.07, 6.45) is 2.92. The van der Waals surface area contributed by atoms with Crippen molar-refractivity contribution in [3.63, 3.8) is 0 Å². The molecule has 40 heavy (non-hydrogen) atoms. The number of nitrogens with two attached hydrogens (primary N) is 1. The number of hydrogen-bond donors (Lipinski definition) is 4. The molecule has 0 saturated heterocycles. The molecule has 2 amide bonds. The van der Waals surface area contributed by atoms with Crippen LogP contribution in [0.15, 0.2) is 91.0 Å². The van der Waals surface area contributed by atoms with Crippen LogP contribution in [-0.2, 0) is 32.1 Å². The van der Waals surface area contributed by atoms with Gasteiger partial charge in [0, 0.05) is 5.69 Å². The lowest BCUT2D eigenvalue weighted by atomic mass is 10.0. The number of aryl methyl sites for hydroxylation is 1. The van der Waals surface area contributed by atoms with Gasteiger partial charge in [-0.05, 0) is 68.8 Å². The minimum atomic E-state index is -0.749. The topological polar surface area (TPSA) is 123 Å². The third-order valence-electron chi connectivity index (χ3n) is 6.53. The van der Waals surface area contributed by atoms with E-state index in [0.29, 0.717) is 37.9 Å². The molecule has 0 radical (unpaired) electrons. The lowest BCUT2D eigenvalue weighted by molar-refractivity contribution is -0.147. The Kier molecular flexibility index (Phi) is 12.9. The summed E-state index contributed by atoms with van der Waals surface area (Å²) in [6, 6.07) is 26.2. The van der Waals surface area contributed by atoms with Crippen LogP contribution in [0.5, 0.6) is 0 Å². The van der Waals surface area contributed by atoms with Crippen molar-refractivity contribution < 1.29 is 19.1 Å². The minimum Gasteiger partial charge on any atom is -0.460 e. The van der Waals surface area contributed by atoms with Gasteiger partial charge in [0.25, 0.3) is 0 Å². The first-order valence-electron chi connectivity index (χ1n) is 13.8. The van der Waals surface area contributed by atoms with Gasteiger partial charge in [0.1, 0.15) is 18.7 Å². The number of carbonyl (C=O) groups is 3. The normalized spacial score (nSPS) is 13.1. The number of benzene rings is 3. The number of ether oxygens (including phenoxy) is 1. The molecule has 0 saturated carbocycles. The molecule has 8 heteroatoms. The highest BCUT2D eigenvalue weighted by Gasteiger charge is 2.28. The van der Waals surface area contributed by atoms with Crippen molar-refractivity contribution in [2.24, 2.45) is 5.73 Å². The fraction of sp³-hybridized carbons (Fsp3) is 0.344. The van der Waals surface area contributed by atoms with Crippen LogP contribution in [-0.4, -0.2) is 42.5 Å². The lowest BCUT2D eigenvalue weighted by Crippen LogP contribution is -2.54. The van der Waals surface area contributed by atoms with E-state index in [4.69, 9.17) is 10.5 Å². The second-order valence-electron chi connectivity index (χ2n) is 9.76. The molecular formula is C32H40N4O4. The maximum atomic E-state index is 13.6. The van der Waals surface area contributed by atoms with Crippen molar-refractivity contribution >= 4 is 23.5 Å². The molecule has 5 N–H and O–H groups in total. The Bertz CT molecular complexity index is 1180. The second kappa shape index (κ2) is 16.8. The smallest absolute Gasteiger partial charge is 0.323 e. The highest BCUT2D eigenvalue weighted by atomic mass is 16.5.